The lowest BCUT2D eigenvalue weighted by Gasteiger charge is -2.14. The van der Waals surface area contributed by atoms with Crippen LogP contribution >= 0.6 is 11.6 Å². The van der Waals surface area contributed by atoms with Gasteiger partial charge in [0.15, 0.2) is 9.84 Å². The van der Waals surface area contributed by atoms with E-state index in [9.17, 15) is 8.42 Å². The zero-order chi connectivity index (χ0) is 13.9. The van der Waals surface area contributed by atoms with Gasteiger partial charge in [0.1, 0.15) is 5.25 Å². The molecule has 0 spiro atoms. The van der Waals surface area contributed by atoms with E-state index in [2.05, 4.69) is 5.73 Å². The van der Waals surface area contributed by atoms with Crippen molar-refractivity contribution < 1.29 is 14.2 Å². The molecule has 100 valence electrons. The van der Waals surface area contributed by atoms with Crippen molar-refractivity contribution in [2.75, 3.05) is 6.54 Å². The van der Waals surface area contributed by atoms with Crippen molar-refractivity contribution >= 4 is 21.4 Å². The molecule has 0 unspecified atom stereocenters. The summed E-state index contributed by atoms with van der Waals surface area (Å²) in [5.41, 5.74) is 4.52. The Balaban J connectivity index is 2.45. The summed E-state index contributed by atoms with van der Waals surface area (Å²) in [5, 5.41) is -0.111. The minimum atomic E-state index is -3.44. The van der Waals surface area contributed by atoms with Crippen molar-refractivity contribution in [2.45, 2.75) is 10.1 Å². The van der Waals surface area contributed by atoms with Crippen molar-refractivity contribution in [3.05, 3.63) is 65.2 Å². The predicted octanol–water partition coefficient (Wildman–Crippen LogP) is 2.10. The average molecular weight is 297 g/mol. The lowest BCUT2D eigenvalue weighted by molar-refractivity contribution is -0.367. The maximum atomic E-state index is 12.6. The summed E-state index contributed by atoms with van der Waals surface area (Å²) in [6.07, 6.45) is 0. The number of sulfone groups is 1. The maximum Gasteiger partial charge on any atom is 0.190 e. The van der Waals surface area contributed by atoms with Crippen molar-refractivity contribution in [3.8, 4) is 0 Å². The molecule has 3 N–H and O–H groups in total. The molecule has 3 nitrogen and oxygen atoms in total. The molecule has 5 heteroatoms. The van der Waals surface area contributed by atoms with Crippen LogP contribution in [0.2, 0.25) is 5.02 Å². The molecule has 0 heterocycles. The SMILES string of the molecule is [NH3+]C[C@H](c1ccccc1)S(=O)(=O)c1ccc(Cl)cc1. The molecule has 0 aliphatic rings. The van der Waals surface area contributed by atoms with E-state index >= 15 is 0 Å². The first-order valence-corrected chi connectivity index (χ1v) is 7.82. The molecule has 1 atom stereocenters. The van der Waals surface area contributed by atoms with E-state index in [1.54, 1.807) is 12.1 Å². The largest absolute Gasteiger partial charge is 0.356 e. The molecule has 2 aromatic rings. The van der Waals surface area contributed by atoms with Gasteiger partial charge in [0, 0.05) is 5.02 Å². The fraction of sp³-hybridized carbons (Fsp3) is 0.143. The fourth-order valence-electron chi connectivity index (χ4n) is 1.96. The summed E-state index contributed by atoms with van der Waals surface area (Å²) in [6.45, 7) is 0.287. The lowest BCUT2D eigenvalue weighted by atomic mass is 10.1. The number of quaternary nitrogens is 1. The Hall–Kier alpha value is -1.36. The molecule has 19 heavy (non-hydrogen) atoms. The molecule has 0 saturated carbocycles. The topological polar surface area (TPSA) is 61.8 Å². The van der Waals surface area contributed by atoms with Crippen LogP contribution in [0.4, 0.5) is 0 Å². The highest BCUT2D eigenvalue weighted by Crippen LogP contribution is 2.28. The highest BCUT2D eigenvalue weighted by molar-refractivity contribution is 7.91. The standard InChI is InChI=1S/C14H14ClNO2S/c15-12-6-8-13(9-7-12)19(17,18)14(10-16)11-4-2-1-3-5-11/h1-9,14H,10,16H2/p+1/t14-/m1/s1. The van der Waals surface area contributed by atoms with Crippen LogP contribution in [0.1, 0.15) is 10.8 Å². The van der Waals surface area contributed by atoms with Gasteiger partial charge in [-0.2, -0.15) is 0 Å². The monoisotopic (exact) mass is 296 g/mol. The smallest absolute Gasteiger partial charge is 0.190 e. The van der Waals surface area contributed by atoms with Gasteiger partial charge in [0.2, 0.25) is 0 Å². The number of rotatable bonds is 4. The normalized spacial score (nSPS) is 13.2. The van der Waals surface area contributed by atoms with Gasteiger partial charge in [-0.25, -0.2) is 8.42 Å². The van der Waals surface area contributed by atoms with Crippen LogP contribution in [-0.2, 0) is 9.84 Å². The molecule has 0 fully saturated rings. The summed E-state index contributed by atoms with van der Waals surface area (Å²) >= 11 is 5.79. The molecule has 0 radical (unpaired) electrons. The lowest BCUT2D eigenvalue weighted by Crippen LogP contribution is -2.54. The third-order valence-electron chi connectivity index (χ3n) is 2.95. The number of benzene rings is 2. The van der Waals surface area contributed by atoms with Crippen LogP contribution in [0, 0.1) is 0 Å². The van der Waals surface area contributed by atoms with E-state index in [-0.39, 0.29) is 11.4 Å². The molecule has 0 saturated heterocycles. The number of hydrogen-bond acceptors (Lipinski definition) is 2. The minimum absolute atomic E-state index is 0.273. The van der Waals surface area contributed by atoms with Gasteiger partial charge in [-0.05, 0) is 29.8 Å². The van der Waals surface area contributed by atoms with E-state index in [1.807, 2.05) is 30.3 Å². The molecule has 0 aliphatic heterocycles. The van der Waals surface area contributed by atoms with Gasteiger partial charge in [-0.1, -0.05) is 41.9 Å². The molecule has 0 aromatic heterocycles. The minimum Gasteiger partial charge on any atom is -0.356 e. The molecule has 0 bridgehead atoms. The summed E-state index contributed by atoms with van der Waals surface area (Å²) in [6, 6.07) is 15.4. The summed E-state index contributed by atoms with van der Waals surface area (Å²) in [5.74, 6) is 0. The Morgan fingerprint density at radius 1 is 1.00 bits per heavy atom. The van der Waals surface area contributed by atoms with Crippen molar-refractivity contribution in [1.82, 2.24) is 0 Å². The van der Waals surface area contributed by atoms with E-state index < -0.39 is 15.1 Å². The Kier molecular flexibility index (Phi) is 4.24. The first-order valence-electron chi connectivity index (χ1n) is 5.89. The Bertz CT molecular complexity index is 639. The van der Waals surface area contributed by atoms with Gasteiger partial charge in [0.05, 0.1) is 11.4 Å². The highest BCUT2D eigenvalue weighted by Gasteiger charge is 2.29. The third-order valence-corrected chi connectivity index (χ3v) is 5.39. The van der Waals surface area contributed by atoms with Gasteiger partial charge >= 0.3 is 0 Å². The highest BCUT2D eigenvalue weighted by atomic mass is 35.5. The molecule has 0 amide bonds. The molecular formula is C14H15ClNO2S+. The maximum absolute atomic E-state index is 12.6. The Labute approximate surface area is 117 Å². The fourth-order valence-corrected chi connectivity index (χ4v) is 3.75. The average Bonchev–Trinajstić information content (AvgIpc) is 2.41. The molecule has 2 aromatic carbocycles. The van der Waals surface area contributed by atoms with Gasteiger partial charge in [-0.3, -0.25) is 0 Å². The van der Waals surface area contributed by atoms with Gasteiger partial charge in [0.25, 0.3) is 0 Å². The van der Waals surface area contributed by atoms with Crippen LogP contribution in [0.3, 0.4) is 0 Å². The quantitative estimate of drug-likeness (QED) is 0.939. The molecule has 2 rings (SSSR count). The van der Waals surface area contributed by atoms with Crippen LogP contribution in [-0.4, -0.2) is 15.0 Å². The van der Waals surface area contributed by atoms with Crippen LogP contribution in [0.25, 0.3) is 0 Å². The van der Waals surface area contributed by atoms with Gasteiger partial charge in [-0.15, -0.1) is 0 Å². The van der Waals surface area contributed by atoms with E-state index in [1.165, 1.54) is 12.1 Å². The van der Waals surface area contributed by atoms with Crippen molar-refractivity contribution in [1.29, 1.82) is 0 Å². The Morgan fingerprint density at radius 2 is 1.58 bits per heavy atom. The zero-order valence-corrected chi connectivity index (χ0v) is 11.9. The first-order chi connectivity index (χ1) is 9.05. The van der Waals surface area contributed by atoms with E-state index in [4.69, 9.17) is 11.6 Å². The zero-order valence-electron chi connectivity index (χ0n) is 10.3. The third kappa shape index (κ3) is 2.97. The van der Waals surface area contributed by atoms with Crippen LogP contribution in [0.15, 0.2) is 59.5 Å². The predicted molar refractivity (Wildman–Crippen MR) is 75.6 cm³/mol. The molecule has 0 aliphatic carbocycles. The van der Waals surface area contributed by atoms with E-state index in [0.717, 1.165) is 5.56 Å². The van der Waals surface area contributed by atoms with Crippen LogP contribution in [0.5, 0.6) is 0 Å². The van der Waals surface area contributed by atoms with Crippen LogP contribution < -0.4 is 5.73 Å². The Morgan fingerprint density at radius 3 is 2.11 bits per heavy atom. The number of hydrogen-bond donors (Lipinski definition) is 1. The second-order valence-corrected chi connectivity index (χ2v) is 6.75. The first kappa shape index (κ1) is 14.1. The summed E-state index contributed by atoms with van der Waals surface area (Å²) in [4.78, 5) is 0.273. The second kappa shape index (κ2) is 5.74. The molecular weight excluding hydrogens is 282 g/mol. The van der Waals surface area contributed by atoms with Crippen molar-refractivity contribution in [2.24, 2.45) is 0 Å². The van der Waals surface area contributed by atoms with Gasteiger partial charge < -0.3 is 5.73 Å². The number of halogens is 1. The van der Waals surface area contributed by atoms with E-state index in [0.29, 0.717) is 5.02 Å². The summed E-state index contributed by atoms with van der Waals surface area (Å²) in [7, 11) is -3.44. The second-order valence-electron chi connectivity index (χ2n) is 4.19. The summed E-state index contributed by atoms with van der Waals surface area (Å²) < 4.78 is 25.2. The van der Waals surface area contributed by atoms with Crippen molar-refractivity contribution in [3.63, 3.8) is 0 Å².